The molecule has 0 aliphatic carbocycles. The number of nitrogens with one attached hydrogen (secondary N) is 2. The first-order chi connectivity index (χ1) is 15.6. The number of anilines is 1. The summed E-state index contributed by atoms with van der Waals surface area (Å²) in [5.41, 5.74) is 3.94. The van der Waals surface area contributed by atoms with Gasteiger partial charge in [0, 0.05) is 22.4 Å². The fourth-order valence-corrected chi connectivity index (χ4v) is 4.23. The molecule has 4 aromatic rings. The lowest BCUT2D eigenvalue weighted by molar-refractivity contribution is -0.109. The lowest BCUT2D eigenvalue weighted by Crippen LogP contribution is -2.37. The predicted octanol–water partition coefficient (Wildman–Crippen LogP) is 4.61. The Labute approximate surface area is 185 Å². The van der Waals surface area contributed by atoms with Crippen LogP contribution in [0.5, 0.6) is 0 Å². The largest absolute Gasteiger partial charge is 0.342 e. The van der Waals surface area contributed by atoms with E-state index >= 15 is 0 Å². The van der Waals surface area contributed by atoms with E-state index in [-0.39, 0.29) is 11.8 Å². The number of hydrogen-bond donors (Lipinski definition) is 2. The maximum absolute atomic E-state index is 13.3. The Bertz CT molecular complexity index is 1360. The molecule has 5 rings (SSSR count). The highest BCUT2D eigenvalue weighted by Gasteiger charge is 2.25. The van der Waals surface area contributed by atoms with E-state index in [0.717, 1.165) is 28.2 Å². The lowest BCUT2D eigenvalue weighted by atomic mass is 9.92. The summed E-state index contributed by atoms with van der Waals surface area (Å²) >= 11 is 0. The van der Waals surface area contributed by atoms with Crippen molar-refractivity contribution in [1.82, 2.24) is 5.32 Å². The monoisotopic (exact) mass is 420 g/mol. The molecule has 2 N–H and O–H groups in total. The van der Waals surface area contributed by atoms with E-state index in [9.17, 15) is 14.4 Å². The highest BCUT2D eigenvalue weighted by molar-refractivity contribution is 6.18. The van der Waals surface area contributed by atoms with Crippen LogP contribution in [-0.4, -0.2) is 24.1 Å². The van der Waals surface area contributed by atoms with Crippen molar-refractivity contribution in [3.63, 3.8) is 0 Å². The molecule has 1 aliphatic rings. The van der Waals surface area contributed by atoms with Gasteiger partial charge < -0.3 is 15.4 Å². The second-order valence-electron chi connectivity index (χ2n) is 7.83. The quantitative estimate of drug-likeness (QED) is 0.463. The van der Waals surface area contributed by atoms with Crippen molar-refractivity contribution in [2.45, 2.75) is 12.5 Å². The second-order valence-corrected chi connectivity index (χ2v) is 7.83. The highest BCUT2D eigenvalue weighted by Crippen LogP contribution is 2.39. The maximum Gasteiger partial charge on any atom is 0.255 e. The van der Waals surface area contributed by atoms with Crippen molar-refractivity contribution in [3.05, 3.63) is 102 Å². The van der Waals surface area contributed by atoms with E-state index in [1.165, 1.54) is 0 Å². The molecule has 156 valence electrons. The summed E-state index contributed by atoms with van der Waals surface area (Å²) < 4.78 is 0. The Morgan fingerprint density at radius 3 is 2.53 bits per heavy atom. The summed E-state index contributed by atoms with van der Waals surface area (Å²) in [5, 5.41) is 7.65. The molecule has 2 amide bonds. The van der Waals surface area contributed by atoms with Gasteiger partial charge in [0.25, 0.3) is 11.8 Å². The number of aldehydes is 1. The number of hydrogen-bond acceptors (Lipinski definition) is 3. The topological polar surface area (TPSA) is 75.3 Å². The summed E-state index contributed by atoms with van der Waals surface area (Å²) in [6.07, 6.45) is 1.16. The number of rotatable bonds is 5. The Morgan fingerprint density at radius 2 is 1.72 bits per heavy atom. The van der Waals surface area contributed by atoms with Crippen LogP contribution in [0.15, 0.2) is 84.9 Å². The van der Waals surface area contributed by atoms with E-state index in [1.807, 2.05) is 66.7 Å². The van der Waals surface area contributed by atoms with E-state index in [4.69, 9.17) is 0 Å². The number of carbonyl (C=O) groups is 3. The molecule has 0 fully saturated rings. The third-order valence-electron chi connectivity index (χ3n) is 5.73. The molecular weight excluding hydrogens is 400 g/mol. The van der Waals surface area contributed by atoms with Gasteiger partial charge in [0.15, 0.2) is 0 Å². The lowest BCUT2D eigenvalue weighted by Gasteiger charge is -2.17. The standard InChI is InChI=1S/C27H20N2O3/c30-16-20(13-17-7-2-1-3-8-17)28-27(32)22-11-6-12-24-25(22)23-15-19(26(31)29-24)14-18-9-4-5-10-21(18)23/h1-12,14-16,20H,13H2,(H,28,32)(H,29,31)/t20-/m0/s1. The molecule has 5 heteroatoms. The van der Waals surface area contributed by atoms with Crippen LogP contribution in [0.25, 0.3) is 21.9 Å². The average molecular weight is 420 g/mol. The summed E-state index contributed by atoms with van der Waals surface area (Å²) in [4.78, 5) is 37.8. The minimum Gasteiger partial charge on any atom is -0.342 e. The van der Waals surface area contributed by atoms with Crippen molar-refractivity contribution in [1.29, 1.82) is 0 Å². The Balaban J connectivity index is 1.58. The van der Waals surface area contributed by atoms with Crippen LogP contribution < -0.4 is 10.6 Å². The van der Waals surface area contributed by atoms with E-state index in [2.05, 4.69) is 10.6 Å². The molecule has 0 saturated carbocycles. The van der Waals surface area contributed by atoms with E-state index < -0.39 is 6.04 Å². The maximum atomic E-state index is 13.3. The Kier molecular flexibility index (Phi) is 5.00. The molecule has 0 spiro atoms. The zero-order chi connectivity index (χ0) is 22.1. The molecule has 0 aromatic heterocycles. The van der Waals surface area contributed by atoms with E-state index in [0.29, 0.717) is 28.8 Å². The molecule has 2 bridgehead atoms. The first-order valence-corrected chi connectivity index (χ1v) is 10.4. The molecular formula is C27H20N2O3. The van der Waals surface area contributed by atoms with Gasteiger partial charge in [-0.05, 0) is 52.6 Å². The van der Waals surface area contributed by atoms with Gasteiger partial charge in [0.05, 0.1) is 6.04 Å². The molecule has 1 aliphatic heterocycles. The Hall–Kier alpha value is -4.25. The summed E-state index contributed by atoms with van der Waals surface area (Å²) in [6.45, 7) is 0. The van der Waals surface area contributed by atoms with Crippen LogP contribution in [0.4, 0.5) is 5.69 Å². The van der Waals surface area contributed by atoms with Gasteiger partial charge in [-0.3, -0.25) is 9.59 Å². The number of benzene rings is 4. The Morgan fingerprint density at radius 1 is 0.938 bits per heavy atom. The summed E-state index contributed by atoms with van der Waals surface area (Å²) in [5.74, 6) is -0.580. The third kappa shape index (κ3) is 3.54. The van der Waals surface area contributed by atoms with Gasteiger partial charge in [-0.2, -0.15) is 0 Å². The number of carbonyl (C=O) groups excluding carboxylic acids is 3. The number of amides is 2. The van der Waals surface area contributed by atoms with Crippen LogP contribution in [0.3, 0.4) is 0 Å². The van der Waals surface area contributed by atoms with Crippen LogP contribution >= 0.6 is 0 Å². The fraction of sp³-hybridized carbons (Fsp3) is 0.0741. The second kappa shape index (κ2) is 8.12. The molecule has 32 heavy (non-hydrogen) atoms. The summed E-state index contributed by atoms with van der Waals surface area (Å²) in [6, 6.07) is 25.6. The third-order valence-corrected chi connectivity index (χ3v) is 5.73. The van der Waals surface area contributed by atoms with Crippen LogP contribution in [0, 0.1) is 0 Å². The minimum atomic E-state index is -0.663. The normalized spacial score (nSPS) is 12.9. The molecule has 0 radical (unpaired) electrons. The molecule has 4 aromatic carbocycles. The van der Waals surface area contributed by atoms with Gasteiger partial charge in [0.1, 0.15) is 6.29 Å². The smallest absolute Gasteiger partial charge is 0.255 e. The first kappa shape index (κ1) is 19.7. The van der Waals surface area contributed by atoms with Crippen molar-refractivity contribution in [3.8, 4) is 11.1 Å². The predicted molar refractivity (Wildman–Crippen MR) is 125 cm³/mol. The van der Waals surface area contributed by atoms with Gasteiger partial charge >= 0.3 is 0 Å². The van der Waals surface area contributed by atoms with Crippen LogP contribution in [0.2, 0.25) is 0 Å². The van der Waals surface area contributed by atoms with Crippen molar-refractivity contribution >= 4 is 34.6 Å². The summed E-state index contributed by atoms with van der Waals surface area (Å²) in [7, 11) is 0. The molecule has 0 saturated heterocycles. The van der Waals surface area contributed by atoms with Gasteiger partial charge in [-0.25, -0.2) is 0 Å². The number of fused-ring (bicyclic) bond motifs is 6. The zero-order valence-corrected chi connectivity index (χ0v) is 17.2. The van der Waals surface area contributed by atoms with Gasteiger partial charge in [-0.15, -0.1) is 0 Å². The zero-order valence-electron chi connectivity index (χ0n) is 17.2. The molecule has 1 atom stereocenters. The van der Waals surface area contributed by atoms with Crippen LogP contribution in [-0.2, 0) is 11.2 Å². The van der Waals surface area contributed by atoms with Gasteiger partial charge in [-0.1, -0.05) is 60.7 Å². The van der Waals surface area contributed by atoms with Crippen molar-refractivity contribution < 1.29 is 14.4 Å². The molecule has 1 heterocycles. The molecule has 0 unspecified atom stereocenters. The minimum absolute atomic E-state index is 0.219. The SMILES string of the molecule is O=C[C@H](Cc1ccccc1)NC(=O)c1cccc2c1-c1cc(cc3ccccc13)C(=O)N2. The molecule has 5 nitrogen and oxygen atoms in total. The van der Waals surface area contributed by atoms with Gasteiger partial charge in [0.2, 0.25) is 0 Å². The van der Waals surface area contributed by atoms with E-state index in [1.54, 1.807) is 18.2 Å². The first-order valence-electron chi connectivity index (χ1n) is 10.4. The van der Waals surface area contributed by atoms with Crippen molar-refractivity contribution in [2.75, 3.05) is 5.32 Å². The van der Waals surface area contributed by atoms with Crippen LogP contribution in [0.1, 0.15) is 26.3 Å². The highest BCUT2D eigenvalue weighted by atomic mass is 16.2. The average Bonchev–Trinajstić information content (AvgIpc) is 2.93. The fourth-order valence-electron chi connectivity index (χ4n) is 4.23. The van der Waals surface area contributed by atoms with Crippen molar-refractivity contribution in [2.24, 2.45) is 0 Å².